The molecule has 0 spiro atoms. The van der Waals surface area contributed by atoms with E-state index in [0.29, 0.717) is 6.20 Å². The third-order valence-electron chi connectivity index (χ3n) is 1.49. The molecule has 0 N–H and O–H groups in total. The van der Waals surface area contributed by atoms with Crippen LogP contribution in [-0.2, 0) is 15.6 Å². The fourth-order valence-corrected chi connectivity index (χ4v) is 1.86. The Morgan fingerprint density at radius 1 is 1.53 bits per heavy atom. The lowest BCUT2D eigenvalue weighted by Gasteiger charge is -2.01. The number of nitro groups is 1. The van der Waals surface area contributed by atoms with Crippen molar-refractivity contribution in [1.29, 1.82) is 0 Å². The number of rotatable bonds is 3. The zero-order chi connectivity index (χ0) is 13.4. The molecule has 0 saturated heterocycles. The van der Waals surface area contributed by atoms with Crippen LogP contribution < -0.4 is 0 Å². The number of hydrogen-bond acceptors (Lipinski definition) is 5. The van der Waals surface area contributed by atoms with Crippen LogP contribution >= 0.6 is 10.7 Å². The van der Waals surface area contributed by atoms with E-state index >= 15 is 0 Å². The van der Waals surface area contributed by atoms with Gasteiger partial charge in [-0.05, 0) is 4.92 Å². The van der Waals surface area contributed by atoms with Gasteiger partial charge in [0.05, 0.1) is 11.3 Å². The average molecular weight is 294 g/mol. The first-order valence-corrected chi connectivity index (χ1v) is 6.05. The van der Waals surface area contributed by atoms with Crippen molar-refractivity contribution in [3.05, 3.63) is 16.3 Å². The van der Waals surface area contributed by atoms with Crippen molar-refractivity contribution in [2.45, 2.75) is 17.6 Å². The number of aromatic nitrogens is 2. The molecule has 7 nitrogen and oxygen atoms in total. The van der Waals surface area contributed by atoms with Crippen LogP contribution in [0.2, 0.25) is 0 Å². The normalized spacial score (nSPS) is 12.7. The lowest BCUT2D eigenvalue weighted by atomic mass is 10.6. The van der Waals surface area contributed by atoms with Crippen LogP contribution in [0.4, 0.5) is 19.0 Å². The minimum atomic E-state index is -4.69. The predicted octanol–water partition coefficient (Wildman–Crippen LogP) is 1.28. The second kappa shape index (κ2) is 4.14. The van der Waals surface area contributed by atoms with Crippen molar-refractivity contribution in [3.8, 4) is 0 Å². The first kappa shape index (κ1) is 13.7. The van der Waals surface area contributed by atoms with Crippen LogP contribution in [0, 0.1) is 10.1 Å². The van der Waals surface area contributed by atoms with Crippen LogP contribution in [-0.4, -0.2) is 29.3 Å². The van der Waals surface area contributed by atoms with Crippen LogP contribution in [0.3, 0.4) is 0 Å². The van der Waals surface area contributed by atoms with E-state index in [1.165, 1.54) is 0 Å². The molecule has 0 radical (unpaired) electrons. The second-order valence-corrected chi connectivity index (χ2v) is 5.36. The SMILES string of the molecule is O=[N+]([O-])c1nn(CC(F)(F)F)cc1S(=O)(=O)Cl. The molecule has 0 unspecified atom stereocenters. The molecule has 0 saturated carbocycles. The predicted molar refractivity (Wildman–Crippen MR) is 48.0 cm³/mol. The van der Waals surface area contributed by atoms with Gasteiger partial charge in [0.15, 0.2) is 6.54 Å². The monoisotopic (exact) mass is 293 g/mol. The molecule has 0 aliphatic heterocycles. The highest BCUT2D eigenvalue weighted by molar-refractivity contribution is 8.13. The van der Waals surface area contributed by atoms with Gasteiger partial charge in [-0.1, -0.05) is 0 Å². The Bertz CT molecular complexity index is 551. The summed E-state index contributed by atoms with van der Waals surface area (Å²) in [5.74, 6) is -1.25. The van der Waals surface area contributed by atoms with Gasteiger partial charge in [-0.3, -0.25) is 0 Å². The lowest BCUT2D eigenvalue weighted by Crippen LogP contribution is -2.18. The van der Waals surface area contributed by atoms with Gasteiger partial charge in [0.25, 0.3) is 9.05 Å². The first-order valence-electron chi connectivity index (χ1n) is 3.74. The molecule has 0 bridgehead atoms. The molecule has 17 heavy (non-hydrogen) atoms. The van der Waals surface area contributed by atoms with Gasteiger partial charge in [-0.15, -0.1) is 0 Å². The van der Waals surface area contributed by atoms with Crippen molar-refractivity contribution < 1.29 is 26.5 Å². The molecule has 0 aromatic carbocycles. The standard InChI is InChI=1S/C5H3ClF3N3O4S/c6-17(15,16)3-1-11(2-5(7,8)9)10-4(3)12(13)14/h1H,2H2. The molecular weight excluding hydrogens is 291 g/mol. The first-order chi connectivity index (χ1) is 7.50. The molecule has 96 valence electrons. The maximum atomic E-state index is 12.0. The maximum absolute atomic E-state index is 12.0. The highest BCUT2D eigenvalue weighted by atomic mass is 35.7. The Hall–Kier alpha value is -1.36. The summed E-state index contributed by atoms with van der Waals surface area (Å²) in [6.07, 6.45) is -4.33. The summed E-state index contributed by atoms with van der Waals surface area (Å²) < 4.78 is 57.7. The van der Waals surface area contributed by atoms with Gasteiger partial charge in [-0.25, -0.2) is 8.42 Å². The van der Waals surface area contributed by atoms with E-state index in [4.69, 9.17) is 10.7 Å². The van der Waals surface area contributed by atoms with Crippen LogP contribution in [0.1, 0.15) is 0 Å². The van der Waals surface area contributed by atoms with E-state index in [-0.39, 0.29) is 4.68 Å². The number of halogens is 4. The van der Waals surface area contributed by atoms with Gasteiger partial charge in [-0.2, -0.15) is 17.9 Å². The molecule has 1 aromatic rings. The Balaban J connectivity index is 3.28. The molecule has 1 rings (SSSR count). The molecule has 1 aromatic heterocycles. The smallest absolute Gasteiger partial charge is 0.358 e. The minimum Gasteiger partial charge on any atom is -0.358 e. The highest BCUT2D eigenvalue weighted by Crippen LogP contribution is 2.26. The van der Waals surface area contributed by atoms with Crippen LogP contribution in [0.5, 0.6) is 0 Å². The molecule has 0 aliphatic carbocycles. The molecule has 0 fully saturated rings. The van der Waals surface area contributed by atoms with E-state index in [1.807, 2.05) is 0 Å². The summed E-state index contributed by atoms with van der Waals surface area (Å²) in [6.45, 7) is -1.65. The maximum Gasteiger partial charge on any atom is 0.410 e. The Labute approximate surface area is 96.4 Å². The van der Waals surface area contributed by atoms with Crippen molar-refractivity contribution >= 4 is 25.6 Å². The summed E-state index contributed by atoms with van der Waals surface area (Å²) in [5.41, 5.74) is 0. The minimum absolute atomic E-state index is 0.0907. The van der Waals surface area contributed by atoms with E-state index in [2.05, 4.69) is 5.10 Å². The Morgan fingerprint density at radius 3 is 2.35 bits per heavy atom. The third-order valence-corrected chi connectivity index (χ3v) is 2.80. The molecular formula is C5H3ClF3N3O4S. The van der Waals surface area contributed by atoms with Gasteiger partial charge in [0, 0.05) is 10.7 Å². The van der Waals surface area contributed by atoms with Crippen LogP contribution in [0.25, 0.3) is 0 Å². The molecule has 0 amide bonds. The van der Waals surface area contributed by atoms with Crippen molar-refractivity contribution in [2.75, 3.05) is 0 Å². The zero-order valence-electron chi connectivity index (χ0n) is 7.68. The van der Waals surface area contributed by atoms with Gasteiger partial charge in [0.1, 0.15) is 0 Å². The highest BCUT2D eigenvalue weighted by Gasteiger charge is 2.35. The molecule has 0 aliphatic rings. The molecule has 12 heteroatoms. The zero-order valence-corrected chi connectivity index (χ0v) is 9.25. The summed E-state index contributed by atoms with van der Waals surface area (Å²) in [6, 6.07) is 0. The van der Waals surface area contributed by atoms with E-state index in [0.717, 1.165) is 0 Å². The van der Waals surface area contributed by atoms with Crippen LogP contribution in [0.15, 0.2) is 11.1 Å². The Morgan fingerprint density at radius 2 is 2.06 bits per heavy atom. The second-order valence-electron chi connectivity index (χ2n) is 2.82. The van der Waals surface area contributed by atoms with E-state index in [9.17, 15) is 31.7 Å². The largest absolute Gasteiger partial charge is 0.410 e. The number of hydrogen-bond donors (Lipinski definition) is 0. The summed E-state index contributed by atoms with van der Waals surface area (Å²) in [5, 5.41) is 13.3. The topological polar surface area (TPSA) is 95.1 Å². The third kappa shape index (κ3) is 3.56. The van der Waals surface area contributed by atoms with Crippen molar-refractivity contribution in [1.82, 2.24) is 9.78 Å². The lowest BCUT2D eigenvalue weighted by molar-refractivity contribution is -0.392. The van der Waals surface area contributed by atoms with E-state index in [1.54, 1.807) is 0 Å². The Kier molecular flexibility index (Phi) is 3.34. The fraction of sp³-hybridized carbons (Fsp3) is 0.400. The molecule has 1 heterocycles. The summed E-state index contributed by atoms with van der Waals surface area (Å²) >= 11 is 0. The van der Waals surface area contributed by atoms with E-state index < -0.39 is 37.4 Å². The number of nitrogens with zero attached hydrogens (tertiary/aromatic N) is 3. The summed E-state index contributed by atoms with van der Waals surface area (Å²) in [7, 11) is 0.292. The average Bonchev–Trinajstić information content (AvgIpc) is 2.43. The fourth-order valence-electron chi connectivity index (χ4n) is 0.956. The number of alkyl halides is 3. The molecule has 0 atom stereocenters. The van der Waals surface area contributed by atoms with Crippen molar-refractivity contribution in [2.24, 2.45) is 0 Å². The van der Waals surface area contributed by atoms with Gasteiger partial charge in [0.2, 0.25) is 4.90 Å². The van der Waals surface area contributed by atoms with Gasteiger partial charge < -0.3 is 10.1 Å². The quantitative estimate of drug-likeness (QED) is 0.475. The summed E-state index contributed by atoms with van der Waals surface area (Å²) in [4.78, 5) is 8.06. The van der Waals surface area contributed by atoms with Gasteiger partial charge >= 0.3 is 12.0 Å². The van der Waals surface area contributed by atoms with Crippen molar-refractivity contribution in [3.63, 3.8) is 0 Å².